The molecule has 0 unspecified atom stereocenters. The summed E-state index contributed by atoms with van der Waals surface area (Å²) in [4.78, 5) is 19.4. The number of aryl methyl sites for hydroxylation is 3. The maximum absolute atomic E-state index is 11.4. The minimum absolute atomic E-state index is 0.0760. The number of aliphatic carboxylic acids is 1. The molecule has 2 N–H and O–H groups in total. The van der Waals surface area contributed by atoms with Crippen LogP contribution in [-0.2, 0) is 17.6 Å². The van der Waals surface area contributed by atoms with Crippen LogP contribution in [0.4, 0.5) is 0 Å². The molecule has 2 aromatic heterocycles. The van der Waals surface area contributed by atoms with Gasteiger partial charge in [0.1, 0.15) is 11.5 Å². The van der Waals surface area contributed by atoms with Gasteiger partial charge in [-0.3, -0.25) is 4.79 Å². The van der Waals surface area contributed by atoms with Crippen LogP contribution in [-0.4, -0.2) is 27.7 Å². The second kappa shape index (κ2) is 9.45. The number of carboxylic acids is 1. The minimum Gasteiger partial charge on any atom is -0.493 e. The van der Waals surface area contributed by atoms with Gasteiger partial charge in [0, 0.05) is 29.4 Å². The number of nitrogens with one attached hydrogen (secondary N) is 1. The molecule has 1 aliphatic rings. The fourth-order valence-electron chi connectivity index (χ4n) is 5.00. The standard InChI is InChI=1S/C29H30N2O4/c1-17-6-7-21(16-25(17)27-5-4-13-30-27)28-31-26(19(3)35-28)12-14-34-22-9-11-24-20(15-22)8-10-23(24)18(2)29(32)33/h4-7,9,11,13,15-16,18,23,30H,8,10,12,14H2,1-3H3,(H,32,33)/t18-,23-/m0/s1. The maximum atomic E-state index is 11.4. The number of hydrogen-bond acceptors (Lipinski definition) is 4. The lowest BCUT2D eigenvalue weighted by Gasteiger charge is -2.16. The van der Waals surface area contributed by atoms with Crippen molar-refractivity contribution in [2.75, 3.05) is 6.61 Å². The van der Waals surface area contributed by atoms with Gasteiger partial charge in [-0.15, -0.1) is 0 Å². The van der Waals surface area contributed by atoms with E-state index in [9.17, 15) is 9.90 Å². The average Bonchev–Trinajstić information content (AvgIpc) is 3.59. The highest BCUT2D eigenvalue weighted by atomic mass is 16.5. The van der Waals surface area contributed by atoms with Gasteiger partial charge in [0.05, 0.1) is 18.2 Å². The Morgan fingerprint density at radius 3 is 2.86 bits per heavy atom. The van der Waals surface area contributed by atoms with Crippen LogP contribution in [0, 0.1) is 19.8 Å². The van der Waals surface area contributed by atoms with Gasteiger partial charge in [-0.2, -0.15) is 0 Å². The third-order valence-corrected chi connectivity index (χ3v) is 7.10. The molecule has 0 saturated carbocycles. The number of benzene rings is 2. The number of ether oxygens (including phenoxy) is 1. The van der Waals surface area contributed by atoms with Crippen LogP contribution >= 0.6 is 0 Å². The summed E-state index contributed by atoms with van der Waals surface area (Å²) in [5, 5.41) is 9.37. The fourth-order valence-corrected chi connectivity index (χ4v) is 5.00. The van der Waals surface area contributed by atoms with E-state index in [4.69, 9.17) is 14.1 Å². The second-order valence-corrected chi connectivity index (χ2v) is 9.37. The fraction of sp³-hybridized carbons (Fsp3) is 0.310. The molecule has 0 aliphatic heterocycles. The second-order valence-electron chi connectivity index (χ2n) is 9.37. The smallest absolute Gasteiger partial charge is 0.306 e. The molecule has 2 atom stereocenters. The minimum atomic E-state index is -0.739. The molecule has 0 bridgehead atoms. The van der Waals surface area contributed by atoms with Crippen molar-refractivity contribution < 1.29 is 19.1 Å². The number of carboxylic acid groups (broad SMARTS) is 1. The van der Waals surface area contributed by atoms with Gasteiger partial charge in [0.2, 0.25) is 5.89 Å². The van der Waals surface area contributed by atoms with Gasteiger partial charge >= 0.3 is 5.97 Å². The molecule has 2 heterocycles. The molecule has 2 aromatic carbocycles. The van der Waals surface area contributed by atoms with Crippen LogP contribution in [0.3, 0.4) is 0 Å². The third-order valence-electron chi connectivity index (χ3n) is 7.10. The molecular formula is C29H30N2O4. The number of H-pyrrole nitrogens is 1. The van der Waals surface area contributed by atoms with Gasteiger partial charge in [-0.25, -0.2) is 4.98 Å². The monoisotopic (exact) mass is 470 g/mol. The predicted molar refractivity (Wildman–Crippen MR) is 135 cm³/mol. The molecule has 35 heavy (non-hydrogen) atoms. The molecule has 6 nitrogen and oxygen atoms in total. The molecular weight excluding hydrogens is 440 g/mol. The summed E-state index contributed by atoms with van der Waals surface area (Å²) < 4.78 is 12.0. The van der Waals surface area contributed by atoms with Gasteiger partial charge < -0.3 is 19.2 Å². The summed E-state index contributed by atoms with van der Waals surface area (Å²) in [6, 6.07) is 16.3. The van der Waals surface area contributed by atoms with E-state index in [0.29, 0.717) is 18.9 Å². The van der Waals surface area contributed by atoms with Crippen molar-refractivity contribution in [2.24, 2.45) is 5.92 Å². The van der Waals surface area contributed by atoms with Crippen LogP contribution in [0.5, 0.6) is 5.75 Å². The zero-order valence-electron chi connectivity index (χ0n) is 20.3. The first-order chi connectivity index (χ1) is 16.9. The summed E-state index contributed by atoms with van der Waals surface area (Å²) in [6.45, 7) is 6.31. The lowest BCUT2D eigenvalue weighted by molar-refractivity contribution is -0.141. The maximum Gasteiger partial charge on any atom is 0.306 e. The van der Waals surface area contributed by atoms with Crippen molar-refractivity contribution in [3.8, 4) is 28.5 Å². The SMILES string of the molecule is Cc1ccc(-c2nc(CCOc3ccc4c(c3)CC[C@H]4[C@H](C)C(=O)O)c(C)o2)cc1-c1ccc[nH]1. The van der Waals surface area contributed by atoms with Crippen molar-refractivity contribution in [3.05, 3.63) is 82.9 Å². The molecule has 1 aliphatic carbocycles. The largest absolute Gasteiger partial charge is 0.493 e. The number of aromatic nitrogens is 2. The van der Waals surface area contributed by atoms with Crippen molar-refractivity contribution in [1.29, 1.82) is 0 Å². The molecule has 0 fully saturated rings. The van der Waals surface area contributed by atoms with Crippen LogP contribution in [0.15, 0.2) is 59.1 Å². The molecule has 0 spiro atoms. The third kappa shape index (κ3) is 4.61. The van der Waals surface area contributed by atoms with E-state index in [1.807, 2.05) is 37.4 Å². The highest BCUT2D eigenvalue weighted by molar-refractivity contribution is 5.72. The number of fused-ring (bicyclic) bond motifs is 1. The Morgan fingerprint density at radius 2 is 2.09 bits per heavy atom. The van der Waals surface area contributed by atoms with Gasteiger partial charge in [-0.1, -0.05) is 19.1 Å². The van der Waals surface area contributed by atoms with E-state index in [1.54, 1.807) is 6.92 Å². The summed E-state index contributed by atoms with van der Waals surface area (Å²) in [7, 11) is 0. The Balaban J connectivity index is 1.25. The Hall–Kier alpha value is -3.80. The molecule has 6 heteroatoms. The quantitative estimate of drug-likeness (QED) is 0.314. The molecule has 0 amide bonds. The number of oxazole rings is 1. The van der Waals surface area contributed by atoms with E-state index < -0.39 is 5.97 Å². The van der Waals surface area contributed by atoms with E-state index in [0.717, 1.165) is 52.4 Å². The van der Waals surface area contributed by atoms with E-state index in [2.05, 4.69) is 36.2 Å². The van der Waals surface area contributed by atoms with E-state index in [-0.39, 0.29) is 11.8 Å². The zero-order valence-corrected chi connectivity index (χ0v) is 20.3. The first-order valence-electron chi connectivity index (χ1n) is 12.1. The lowest BCUT2D eigenvalue weighted by Crippen LogP contribution is -2.17. The Morgan fingerprint density at radius 1 is 1.23 bits per heavy atom. The molecule has 5 rings (SSSR count). The van der Waals surface area contributed by atoms with Gasteiger partial charge in [0.25, 0.3) is 0 Å². The van der Waals surface area contributed by atoms with Gasteiger partial charge in [0.15, 0.2) is 0 Å². The number of nitrogens with zero attached hydrogens (tertiary/aromatic N) is 1. The van der Waals surface area contributed by atoms with Crippen molar-refractivity contribution in [1.82, 2.24) is 9.97 Å². The summed E-state index contributed by atoms with van der Waals surface area (Å²) in [6.07, 6.45) is 4.32. The van der Waals surface area contributed by atoms with Crippen LogP contribution in [0.25, 0.3) is 22.7 Å². The number of rotatable bonds is 8. The number of carbonyl (C=O) groups is 1. The van der Waals surface area contributed by atoms with Crippen LogP contribution in [0.1, 0.15) is 47.4 Å². The normalized spacial score (nSPS) is 15.7. The lowest BCUT2D eigenvalue weighted by atomic mass is 9.89. The molecule has 0 saturated heterocycles. The highest BCUT2D eigenvalue weighted by Crippen LogP contribution is 2.40. The van der Waals surface area contributed by atoms with Crippen LogP contribution < -0.4 is 4.74 Å². The first-order valence-corrected chi connectivity index (χ1v) is 12.1. The Labute approximate surface area is 205 Å². The molecule has 0 radical (unpaired) electrons. The van der Waals surface area contributed by atoms with Crippen molar-refractivity contribution in [2.45, 2.75) is 46.0 Å². The average molecular weight is 471 g/mol. The topological polar surface area (TPSA) is 88.3 Å². The first kappa shape index (κ1) is 23.0. The number of aromatic amines is 1. The number of hydrogen-bond donors (Lipinski definition) is 2. The summed E-state index contributed by atoms with van der Waals surface area (Å²) in [5.74, 6) is 1.18. The molecule has 180 valence electrons. The Bertz CT molecular complexity index is 1350. The van der Waals surface area contributed by atoms with Crippen molar-refractivity contribution in [3.63, 3.8) is 0 Å². The molecule has 4 aromatic rings. The highest BCUT2D eigenvalue weighted by Gasteiger charge is 2.31. The zero-order chi connectivity index (χ0) is 24.5. The van der Waals surface area contributed by atoms with Crippen LogP contribution in [0.2, 0.25) is 0 Å². The van der Waals surface area contributed by atoms with Crippen molar-refractivity contribution >= 4 is 5.97 Å². The van der Waals surface area contributed by atoms with E-state index >= 15 is 0 Å². The predicted octanol–water partition coefficient (Wildman–Crippen LogP) is 6.33. The van der Waals surface area contributed by atoms with E-state index in [1.165, 1.54) is 11.1 Å². The summed E-state index contributed by atoms with van der Waals surface area (Å²) >= 11 is 0. The van der Waals surface area contributed by atoms with Gasteiger partial charge in [-0.05, 0) is 85.7 Å². The summed E-state index contributed by atoms with van der Waals surface area (Å²) in [5.41, 5.74) is 7.55. The Kier molecular flexibility index (Phi) is 6.20.